The van der Waals surface area contributed by atoms with Crippen LogP contribution in [0.4, 0.5) is 0 Å². The molecule has 23 heavy (non-hydrogen) atoms. The number of phenols is 2. The summed E-state index contributed by atoms with van der Waals surface area (Å²) in [6, 6.07) is 10.4. The second-order valence-electron chi connectivity index (χ2n) is 5.41. The van der Waals surface area contributed by atoms with Crippen LogP contribution in [0.1, 0.15) is 5.56 Å². The average Bonchev–Trinajstić information content (AvgIpc) is 2.54. The SMILES string of the molecule is COc1c2c(c(Br)c3ccc(O)cc13)-c1ccc(O)cc1CO2. The molecule has 0 amide bonds. The molecule has 0 atom stereocenters. The van der Waals surface area contributed by atoms with Gasteiger partial charge in [0.25, 0.3) is 0 Å². The largest absolute Gasteiger partial charge is 0.508 e. The molecule has 3 aromatic carbocycles. The lowest BCUT2D eigenvalue weighted by atomic mass is 9.93. The maximum Gasteiger partial charge on any atom is 0.171 e. The van der Waals surface area contributed by atoms with Gasteiger partial charge in [-0.3, -0.25) is 0 Å². The molecule has 0 saturated heterocycles. The van der Waals surface area contributed by atoms with E-state index in [1.807, 2.05) is 12.1 Å². The molecule has 0 bridgehead atoms. The quantitative estimate of drug-likeness (QED) is 0.656. The molecule has 4 rings (SSSR count). The van der Waals surface area contributed by atoms with Crippen molar-refractivity contribution in [1.29, 1.82) is 0 Å². The number of rotatable bonds is 1. The van der Waals surface area contributed by atoms with Crippen LogP contribution in [0.3, 0.4) is 0 Å². The first-order valence-electron chi connectivity index (χ1n) is 7.07. The number of benzene rings is 3. The Morgan fingerprint density at radius 1 is 1.04 bits per heavy atom. The molecule has 5 heteroatoms. The molecule has 0 fully saturated rings. The third-order valence-corrected chi connectivity index (χ3v) is 4.89. The Morgan fingerprint density at radius 3 is 2.57 bits per heavy atom. The highest BCUT2D eigenvalue weighted by Crippen LogP contribution is 2.52. The van der Waals surface area contributed by atoms with E-state index in [0.29, 0.717) is 18.1 Å². The molecule has 0 saturated carbocycles. The molecular formula is C18H13BrO4. The predicted molar refractivity (Wildman–Crippen MR) is 91.3 cm³/mol. The van der Waals surface area contributed by atoms with E-state index in [4.69, 9.17) is 9.47 Å². The molecule has 1 aliphatic rings. The summed E-state index contributed by atoms with van der Waals surface area (Å²) in [5, 5.41) is 21.2. The summed E-state index contributed by atoms with van der Waals surface area (Å²) >= 11 is 3.66. The molecule has 0 aliphatic carbocycles. The minimum Gasteiger partial charge on any atom is -0.508 e. The van der Waals surface area contributed by atoms with Crippen LogP contribution >= 0.6 is 15.9 Å². The summed E-state index contributed by atoms with van der Waals surface area (Å²) < 4.78 is 12.3. The van der Waals surface area contributed by atoms with Crippen LogP contribution < -0.4 is 9.47 Å². The number of phenolic OH excluding ortho intramolecular Hbond substituents is 2. The van der Waals surface area contributed by atoms with E-state index in [1.54, 1.807) is 31.4 Å². The molecule has 1 aliphatic heterocycles. The van der Waals surface area contributed by atoms with Crippen molar-refractivity contribution < 1.29 is 19.7 Å². The van der Waals surface area contributed by atoms with Gasteiger partial charge in [-0.25, -0.2) is 0 Å². The lowest BCUT2D eigenvalue weighted by molar-refractivity contribution is 0.282. The molecule has 0 unspecified atom stereocenters. The molecule has 0 radical (unpaired) electrons. The van der Waals surface area contributed by atoms with E-state index < -0.39 is 0 Å². The predicted octanol–water partition coefficient (Wildman–Crippen LogP) is 4.58. The van der Waals surface area contributed by atoms with E-state index in [-0.39, 0.29) is 11.5 Å². The van der Waals surface area contributed by atoms with Crippen LogP contribution in [0, 0.1) is 0 Å². The number of ether oxygens (including phenoxy) is 2. The normalized spacial score (nSPS) is 12.4. The first-order chi connectivity index (χ1) is 11.1. The smallest absolute Gasteiger partial charge is 0.171 e. The summed E-state index contributed by atoms with van der Waals surface area (Å²) in [6.45, 7) is 0.351. The van der Waals surface area contributed by atoms with Crippen molar-refractivity contribution >= 4 is 26.7 Å². The van der Waals surface area contributed by atoms with E-state index in [1.165, 1.54) is 0 Å². The lowest BCUT2D eigenvalue weighted by Crippen LogP contribution is -2.08. The highest BCUT2D eigenvalue weighted by molar-refractivity contribution is 9.10. The first kappa shape index (κ1) is 14.2. The average molecular weight is 373 g/mol. The van der Waals surface area contributed by atoms with Crippen LogP contribution in [0.15, 0.2) is 40.9 Å². The number of methoxy groups -OCH3 is 1. The highest BCUT2D eigenvalue weighted by atomic mass is 79.9. The van der Waals surface area contributed by atoms with Crippen molar-refractivity contribution in [2.45, 2.75) is 6.61 Å². The number of aromatic hydroxyl groups is 2. The number of hydrogen-bond donors (Lipinski definition) is 2. The van der Waals surface area contributed by atoms with Gasteiger partial charge in [-0.1, -0.05) is 6.07 Å². The summed E-state index contributed by atoms with van der Waals surface area (Å²) in [6.07, 6.45) is 0. The van der Waals surface area contributed by atoms with Gasteiger partial charge in [-0.15, -0.1) is 0 Å². The van der Waals surface area contributed by atoms with Gasteiger partial charge in [-0.05, 0) is 51.8 Å². The topological polar surface area (TPSA) is 58.9 Å². The fourth-order valence-electron chi connectivity index (χ4n) is 3.06. The fourth-order valence-corrected chi connectivity index (χ4v) is 3.80. The monoisotopic (exact) mass is 372 g/mol. The van der Waals surface area contributed by atoms with E-state index >= 15 is 0 Å². The van der Waals surface area contributed by atoms with Crippen molar-refractivity contribution in [1.82, 2.24) is 0 Å². The zero-order chi connectivity index (χ0) is 16.1. The van der Waals surface area contributed by atoms with Crippen LogP contribution in [-0.2, 0) is 6.61 Å². The van der Waals surface area contributed by atoms with Gasteiger partial charge >= 0.3 is 0 Å². The Morgan fingerprint density at radius 2 is 1.78 bits per heavy atom. The van der Waals surface area contributed by atoms with E-state index in [2.05, 4.69) is 15.9 Å². The minimum absolute atomic E-state index is 0.170. The van der Waals surface area contributed by atoms with E-state index in [0.717, 1.165) is 31.9 Å². The highest BCUT2D eigenvalue weighted by Gasteiger charge is 2.27. The van der Waals surface area contributed by atoms with Crippen molar-refractivity contribution in [3.8, 4) is 34.1 Å². The van der Waals surface area contributed by atoms with Gasteiger partial charge in [0.15, 0.2) is 11.5 Å². The maximum absolute atomic E-state index is 9.79. The Bertz CT molecular complexity index is 950. The second kappa shape index (κ2) is 5.06. The Hall–Kier alpha value is -2.40. The zero-order valence-corrected chi connectivity index (χ0v) is 13.8. The fraction of sp³-hybridized carbons (Fsp3) is 0.111. The number of hydrogen-bond acceptors (Lipinski definition) is 4. The number of halogens is 1. The van der Waals surface area contributed by atoms with Gasteiger partial charge in [0, 0.05) is 26.4 Å². The van der Waals surface area contributed by atoms with Crippen molar-refractivity contribution in [2.24, 2.45) is 0 Å². The lowest BCUT2D eigenvalue weighted by Gasteiger charge is -2.25. The van der Waals surface area contributed by atoms with Gasteiger partial charge in [0.1, 0.15) is 18.1 Å². The van der Waals surface area contributed by atoms with Crippen LogP contribution in [0.25, 0.3) is 21.9 Å². The summed E-state index contributed by atoms with van der Waals surface area (Å²) in [7, 11) is 1.59. The summed E-state index contributed by atoms with van der Waals surface area (Å²) in [5.74, 6) is 1.61. The molecule has 0 aromatic heterocycles. The molecule has 3 aromatic rings. The second-order valence-corrected chi connectivity index (χ2v) is 6.20. The van der Waals surface area contributed by atoms with Crippen LogP contribution in [0.2, 0.25) is 0 Å². The maximum atomic E-state index is 9.79. The van der Waals surface area contributed by atoms with Gasteiger partial charge in [0.05, 0.1) is 7.11 Å². The number of fused-ring (bicyclic) bond motifs is 4. The molecule has 4 nitrogen and oxygen atoms in total. The molecule has 1 heterocycles. The molecular weight excluding hydrogens is 360 g/mol. The first-order valence-corrected chi connectivity index (χ1v) is 7.86. The Labute approximate surface area is 141 Å². The molecule has 0 spiro atoms. The standard InChI is InChI=1S/C18H13BrO4/c1-22-17-14-7-11(21)3-5-13(14)16(19)15-12-4-2-10(20)6-9(12)8-23-18(15)17/h2-7,20-21H,8H2,1H3. The van der Waals surface area contributed by atoms with Crippen molar-refractivity contribution in [2.75, 3.05) is 7.11 Å². The molecule has 116 valence electrons. The minimum atomic E-state index is 0.170. The van der Waals surface area contributed by atoms with Crippen molar-refractivity contribution in [3.05, 3.63) is 46.4 Å². The zero-order valence-electron chi connectivity index (χ0n) is 12.3. The summed E-state index contributed by atoms with van der Waals surface area (Å²) in [4.78, 5) is 0. The van der Waals surface area contributed by atoms with Crippen LogP contribution in [-0.4, -0.2) is 17.3 Å². The van der Waals surface area contributed by atoms with E-state index in [9.17, 15) is 10.2 Å². The third kappa shape index (κ3) is 2.04. The van der Waals surface area contributed by atoms with Gasteiger partial charge in [0.2, 0.25) is 0 Å². The van der Waals surface area contributed by atoms with Gasteiger partial charge in [-0.2, -0.15) is 0 Å². The Kier molecular flexibility index (Phi) is 3.13. The summed E-state index contributed by atoms with van der Waals surface area (Å²) in [5.41, 5.74) is 2.80. The van der Waals surface area contributed by atoms with Gasteiger partial charge < -0.3 is 19.7 Å². The molecule has 2 N–H and O–H groups in total. The third-order valence-electron chi connectivity index (χ3n) is 4.07. The van der Waals surface area contributed by atoms with Crippen molar-refractivity contribution in [3.63, 3.8) is 0 Å². The van der Waals surface area contributed by atoms with Crippen LogP contribution in [0.5, 0.6) is 23.0 Å². The Balaban J connectivity index is 2.14.